The van der Waals surface area contributed by atoms with Crippen molar-refractivity contribution < 1.29 is 13.2 Å². The molecule has 25 heavy (non-hydrogen) atoms. The minimum atomic E-state index is -3.02. The molecule has 5 nitrogen and oxygen atoms in total. The first kappa shape index (κ1) is 18.1. The average molecular weight is 379 g/mol. The molecule has 0 unspecified atom stereocenters. The van der Waals surface area contributed by atoms with E-state index in [1.807, 2.05) is 38.1 Å². The van der Waals surface area contributed by atoms with Crippen molar-refractivity contribution in [2.24, 2.45) is 5.92 Å². The summed E-state index contributed by atoms with van der Waals surface area (Å²) in [5.74, 6) is 0.375. The molecule has 3 rings (SSSR count). The summed E-state index contributed by atoms with van der Waals surface area (Å²) >= 11 is 1.53. The maximum absolute atomic E-state index is 12.7. The monoisotopic (exact) mass is 378 g/mol. The van der Waals surface area contributed by atoms with Crippen molar-refractivity contribution in [2.75, 3.05) is 18.1 Å². The lowest BCUT2D eigenvalue weighted by Gasteiger charge is -2.28. The lowest BCUT2D eigenvalue weighted by molar-refractivity contribution is -0.128. The van der Waals surface area contributed by atoms with Gasteiger partial charge in [0, 0.05) is 18.7 Å². The van der Waals surface area contributed by atoms with E-state index in [-0.39, 0.29) is 29.4 Å². The summed E-state index contributed by atoms with van der Waals surface area (Å²) in [6.07, 6.45) is 3.77. The Labute approximate surface area is 152 Å². The van der Waals surface area contributed by atoms with E-state index in [1.165, 1.54) is 17.4 Å². The van der Waals surface area contributed by atoms with Crippen LogP contribution in [0.15, 0.2) is 30.3 Å². The van der Waals surface area contributed by atoms with E-state index >= 15 is 0 Å². The van der Waals surface area contributed by atoms with Crippen LogP contribution in [0.5, 0.6) is 0 Å². The van der Waals surface area contributed by atoms with Gasteiger partial charge in [0.05, 0.1) is 21.7 Å². The second-order valence-corrected chi connectivity index (χ2v) is 10.1. The molecule has 0 radical (unpaired) electrons. The maximum Gasteiger partial charge on any atom is 0.246 e. The van der Waals surface area contributed by atoms with Gasteiger partial charge < -0.3 is 4.90 Å². The number of carbonyl (C=O) groups excluding carboxylic acids is 1. The van der Waals surface area contributed by atoms with Crippen molar-refractivity contribution in [1.82, 2.24) is 9.88 Å². The molecule has 2 heterocycles. The van der Waals surface area contributed by atoms with E-state index in [2.05, 4.69) is 4.98 Å². The van der Waals surface area contributed by atoms with Gasteiger partial charge in [0.25, 0.3) is 0 Å². The highest BCUT2D eigenvalue weighted by atomic mass is 32.2. The molecule has 134 valence electrons. The van der Waals surface area contributed by atoms with Gasteiger partial charge in [-0.3, -0.25) is 4.79 Å². The first-order valence-electron chi connectivity index (χ1n) is 8.39. The summed E-state index contributed by atoms with van der Waals surface area (Å²) in [6.45, 7) is 4.62. The molecule has 0 N–H and O–H groups in total. The number of sulfone groups is 1. The zero-order chi connectivity index (χ0) is 18.0. The van der Waals surface area contributed by atoms with Crippen LogP contribution in [0.4, 0.5) is 0 Å². The Bertz CT molecular complexity index is 867. The van der Waals surface area contributed by atoms with E-state index in [0.717, 1.165) is 15.2 Å². The highest BCUT2D eigenvalue weighted by Crippen LogP contribution is 2.23. The lowest BCUT2D eigenvalue weighted by atomic mass is 10.1. The van der Waals surface area contributed by atoms with Crippen molar-refractivity contribution >= 4 is 43.4 Å². The molecule has 1 aliphatic rings. The fourth-order valence-corrected chi connectivity index (χ4v) is 5.63. The molecule has 1 aromatic carbocycles. The molecule has 1 fully saturated rings. The summed E-state index contributed by atoms with van der Waals surface area (Å²) < 4.78 is 24.6. The first-order valence-corrected chi connectivity index (χ1v) is 11.0. The predicted octanol–water partition coefficient (Wildman–Crippen LogP) is 2.98. The number of fused-ring (bicyclic) bond motifs is 1. The Balaban J connectivity index is 1.77. The van der Waals surface area contributed by atoms with E-state index in [1.54, 1.807) is 11.0 Å². The standard InChI is InChI=1S/C18H22N2O3S2/c1-13(2)11-20(14-9-10-25(22,23)12-14)18(21)8-7-17-19-15-5-3-4-6-16(15)24-17/h3-8,13-14H,9-12H2,1-2H3/b8-7+/t14-/m0/s1. The smallest absolute Gasteiger partial charge is 0.246 e. The number of nitrogens with zero attached hydrogens (tertiary/aromatic N) is 2. The summed E-state index contributed by atoms with van der Waals surface area (Å²) in [5.41, 5.74) is 0.917. The summed E-state index contributed by atoms with van der Waals surface area (Å²) in [5, 5.41) is 0.776. The van der Waals surface area contributed by atoms with Crippen LogP contribution in [0, 0.1) is 5.92 Å². The number of thiazole rings is 1. The lowest BCUT2D eigenvalue weighted by Crippen LogP contribution is -2.42. The van der Waals surface area contributed by atoms with Crippen molar-refractivity contribution in [1.29, 1.82) is 0 Å². The Morgan fingerprint density at radius 2 is 2.16 bits per heavy atom. The molecule has 0 spiro atoms. The van der Waals surface area contributed by atoms with Crippen LogP contribution >= 0.6 is 11.3 Å². The average Bonchev–Trinajstić information content (AvgIpc) is 3.12. The van der Waals surface area contributed by atoms with Gasteiger partial charge >= 0.3 is 0 Å². The Hall–Kier alpha value is -1.73. The topological polar surface area (TPSA) is 67.3 Å². The number of carbonyl (C=O) groups is 1. The zero-order valence-electron chi connectivity index (χ0n) is 14.4. The fraction of sp³-hybridized carbons (Fsp3) is 0.444. The van der Waals surface area contributed by atoms with Gasteiger partial charge in [-0.2, -0.15) is 0 Å². The number of hydrogen-bond donors (Lipinski definition) is 0. The molecular formula is C18H22N2O3S2. The predicted molar refractivity (Wildman–Crippen MR) is 102 cm³/mol. The number of amides is 1. The van der Waals surface area contributed by atoms with Crippen LogP contribution in [0.3, 0.4) is 0 Å². The van der Waals surface area contributed by atoms with Gasteiger partial charge in [-0.1, -0.05) is 26.0 Å². The molecule has 2 aromatic rings. The highest BCUT2D eigenvalue weighted by Gasteiger charge is 2.34. The van der Waals surface area contributed by atoms with Crippen LogP contribution in [0.2, 0.25) is 0 Å². The maximum atomic E-state index is 12.7. The van der Waals surface area contributed by atoms with Crippen molar-refractivity contribution in [3.63, 3.8) is 0 Å². The van der Waals surface area contributed by atoms with Crippen LogP contribution in [-0.2, 0) is 14.6 Å². The minimum Gasteiger partial charge on any atom is -0.335 e. The van der Waals surface area contributed by atoms with Crippen LogP contribution in [0.1, 0.15) is 25.3 Å². The molecule has 0 saturated carbocycles. The van der Waals surface area contributed by atoms with E-state index in [4.69, 9.17) is 0 Å². The Kier molecular flexibility index (Phi) is 5.24. The molecule has 0 aliphatic carbocycles. The second kappa shape index (κ2) is 7.25. The van der Waals surface area contributed by atoms with E-state index < -0.39 is 9.84 Å². The van der Waals surface area contributed by atoms with Crippen molar-refractivity contribution in [3.05, 3.63) is 35.3 Å². The normalized spacial score (nSPS) is 19.9. The quantitative estimate of drug-likeness (QED) is 0.750. The molecule has 1 atom stereocenters. The third-order valence-electron chi connectivity index (χ3n) is 4.17. The van der Waals surface area contributed by atoms with Gasteiger partial charge in [0.15, 0.2) is 9.84 Å². The highest BCUT2D eigenvalue weighted by molar-refractivity contribution is 7.91. The molecule has 1 amide bonds. The molecular weight excluding hydrogens is 356 g/mol. The molecule has 1 aromatic heterocycles. The first-order chi connectivity index (χ1) is 11.8. The number of rotatable bonds is 5. The SMILES string of the molecule is CC(C)CN(C(=O)/C=C/c1nc2ccccc2s1)[C@H]1CCS(=O)(=O)C1. The summed E-state index contributed by atoms with van der Waals surface area (Å²) in [4.78, 5) is 18.9. The minimum absolute atomic E-state index is 0.0699. The molecule has 0 bridgehead atoms. The van der Waals surface area contributed by atoms with Gasteiger partial charge in [0.2, 0.25) is 5.91 Å². The molecule has 7 heteroatoms. The number of aromatic nitrogens is 1. The largest absolute Gasteiger partial charge is 0.335 e. The number of benzene rings is 1. The summed E-state index contributed by atoms with van der Waals surface area (Å²) in [6, 6.07) is 7.62. The molecule has 1 saturated heterocycles. The number of para-hydroxylation sites is 1. The fourth-order valence-electron chi connectivity index (χ4n) is 3.03. The Morgan fingerprint density at radius 1 is 1.40 bits per heavy atom. The molecule has 1 aliphatic heterocycles. The van der Waals surface area contributed by atoms with Crippen LogP contribution < -0.4 is 0 Å². The number of hydrogen-bond acceptors (Lipinski definition) is 5. The van der Waals surface area contributed by atoms with Gasteiger partial charge in [-0.25, -0.2) is 13.4 Å². The van der Waals surface area contributed by atoms with E-state index in [9.17, 15) is 13.2 Å². The van der Waals surface area contributed by atoms with Gasteiger partial charge in [-0.05, 0) is 30.5 Å². The second-order valence-electron chi connectivity index (χ2n) is 6.79. The van der Waals surface area contributed by atoms with Crippen molar-refractivity contribution in [3.8, 4) is 0 Å². The Morgan fingerprint density at radius 3 is 2.80 bits per heavy atom. The van der Waals surface area contributed by atoms with Crippen LogP contribution in [0.25, 0.3) is 16.3 Å². The van der Waals surface area contributed by atoms with Gasteiger partial charge in [-0.15, -0.1) is 11.3 Å². The third-order valence-corrected chi connectivity index (χ3v) is 6.93. The summed E-state index contributed by atoms with van der Waals surface area (Å²) in [7, 11) is -3.02. The third kappa shape index (κ3) is 4.46. The zero-order valence-corrected chi connectivity index (χ0v) is 16.0. The van der Waals surface area contributed by atoms with Crippen LogP contribution in [-0.4, -0.2) is 48.3 Å². The van der Waals surface area contributed by atoms with Crippen molar-refractivity contribution in [2.45, 2.75) is 26.3 Å². The van der Waals surface area contributed by atoms with Gasteiger partial charge in [0.1, 0.15) is 5.01 Å². The van der Waals surface area contributed by atoms with E-state index in [0.29, 0.717) is 13.0 Å².